The number of amides is 2. The first kappa shape index (κ1) is 45.6. The molecular weight excluding hydrogens is 609 g/mol. The van der Waals surface area contributed by atoms with Crippen molar-refractivity contribution in [3.05, 3.63) is 0 Å². The van der Waals surface area contributed by atoms with E-state index in [0.717, 1.165) is 44.0 Å². The molecule has 0 aromatic carbocycles. The Bertz CT molecular complexity index is 596. The van der Waals surface area contributed by atoms with E-state index in [1.165, 1.54) is 141 Å². The van der Waals surface area contributed by atoms with Gasteiger partial charge in [-0.3, -0.25) is 9.59 Å². The molecular formula is C38H78N4O2S2. The van der Waals surface area contributed by atoms with Crippen LogP contribution in [0.1, 0.15) is 181 Å². The van der Waals surface area contributed by atoms with Gasteiger partial charge in [0.1, 0.15) is 0 Å². The van der Waals surface area contributed by atoms with Crippen LogP contribution < -0.4 is 16.4 Å². The molecule has 0 aliphatic carbocycles. The Balaban J connectivity index is 3.93. The first-order valence-corrected chi connectivity index (χ1v) is 22.3. The van der Waals surface area contributed by atoms with Gasteiger partial charge in [0.25, 0.3) is 0 Å². The summed E-state index contributed by atoms with van der Waals surface area (Å²) < 4.78 is 0. The zero-order chi connectivity index (χ0) is 33.6. The predicted molar refractivity (Wildman–Crippen MR) is 208 cm³/mol. The quantitative estimate of drug-likeness (QED) is 0.0443. The highest BCUT2D eigenvalue weighted by Gasteiger charge is 2.11. The molecule has 0 unspecified atom stereocenters. The summed E-state index contributed by atoms with van der Waals surface area (Å²) in [4.78, 5) is 27.3. The third-order valence-electron chi connectivity index (χ3n) is 8.79. The van der Waals surface area contributed by atoms with Crippen LogP contribution in [0.2, 0.25) is 0 Å². The maximum absolute atomic E-state index is 12.5. The molecule has 0 bridgehead atoms. The molecule has 274 valence electrons. The number of nitrogens with two attached hydrogens (primary N) is 1. The third-order valence-corrected chi connectivity index (χ3v) is 11.2. The van der Waals surface area contributed by atoms with Crippen LogP contribution in [-0.2, 0) is 9.59 Å². The van der Waals surface area contributed by atoms with Crippen LogP contribution in [0.25, 0.3) is 0 Å². The van der Waals surface area contributed by atoms with Crippen molar-refractivity contribution in [3.8, 4) is 0 Å². The van der Waals surface area contributed by atoms with Crippen molar-refractivity contribution in [1.29, 1.82) is 0 Å². The molecule has 0 radical (unpaired) electrons. The Hall–Kier alpha value is -0.440. The Kier molecular flexibility index (Phi) is 38.6. The van der Waals surface area contributed by atoms with Gasteiger partial charge in [-0.05, 0) is 12.8 Å². The van der Waals surface area contributed by atoms with Gasteiger partial charge >= 0.3 is 0 Å². The zero-order valence-corrected chi connectivity index (χ0v) is 32.3. The lowest BCUT2D eigenvalue weighted by Crippen LogP contribution is -2.35. The summed E-state index contributed by atoms with van der Waals surface area (Å²) in [5, 5.41) is 6.24. The van der Waals surface area contributed by atoms with E-state index in [2.05, 4.69) is 29.4 Å². The first-order chi connectivity index (χ1) is 22.6. The highest BCUT2D eigenvalue weighted by molar-refractivity contribution is 8.76. The SMILES string of the molecule is CCCCCCCCCCCCCCNC(=O)CCN(CCSSCCN)CCC(=O)NCCCCCCCCCCCCCC. The molecule has 0 heterocycles. The number of hydrogen-bond acceptors (Lipinski definition) is 6. The average molecular weight is 687 g/mol. The Morgan fingerprint density at radius 3 is 1.15 bits per heavy atom. The highest BCUT2D eigenvalue weighted by Crippen LogP contribution is 2.20. The molecule has 0 aromatic rings. The van der Waals surface area contributed by atoms with Gasteiger partial charge in [0.2, 0.25) is 11.8 Å². The minimum Gasteiger partial charge on any atom is -0.356 e. The van der Waals surface area contributed by atoms with Crippen LogP contribution in [0.4, 0.5) is 0 Å². The normalized spacial score (nSPS) is 11.4. The van der Waals surface area contributed by atoms with Gasteiger partial charge in [-0.2, -0.15) is 0 Å². The summed E-state index contributed by atoms with van der Waals surface area (Å²) in [6.45, 7) is 9.11. The predicted octanol–water partition coefficient (Wildman–Crippen LogP) is 10.0. The molecule has 0 aliphatic rings. The minimum absolute atomic E-state index is 0.134. The van der Waals surface area contributed by atoms with Crippen molar-refractivity contribution >= 4 is 33.4 Å². The Morgan fingerprint density at radius 2 is 0.804 bits per heavy atom. The molecule has 0 spiro atoms. The molecule has 0 aliphatic heterocycles. The van der Waals surface area contributed by atoms with E-state index < -0.39 is 0 Å². The molecule has 0 rings (SSSR count). The van der Waals surface area contributed by atoms with Crippen LogP contribution in [0.3, 0.4) is 0 Å². The number of nitrogens with zero attached hydrogens (tertiary/aromatic N) is 1. The van der Waals surface area contributed by atoms with E-state index in [9.17, 15) is 9.59 Å². The number of unbranched alkanes of at least 4 members (excludes halogenated alkanes) is 22. The van der Waals surface area contributed by atoms with Gasteiger partial charge in [0.15, 0.2) is 0 Å². The molecule has 2 amide bonds. The van der Waals surface area contributed by atoms with Gasteiger partial charge in [-0.1, -0.05) is 177 Å². The lowest BCUT2D eigenvalue weighted by Gasteiger charge is -2.21. The molecule has 8 heteroatoms. The minimum atomic E-state index is 0.134. The molecule has 6 nitrogen and oxygen atoms in total. The number of carbonyl (C=O) groups is 2. The molecule has 46 heavy (non-hydrogen) atoms. The molecule has 0 saturated carbocycles. The summed E-state index contributed by atoms with van der Waals surface area (Å²) >= 11 is 0. The largest absolute Gasteiger partial charge is 0.356 e. The summed E-state index contributed by atoms with van der Waals surface area (Å²) in [5.41, 5.74) is 5.62. The van der Waals surface area contributed by atoms with Crippen molar-refractivity contribution in [2.75, 3.05) is 50.8 Å². The summed E-state index contributed by atoms with van der Waals surface area (Å²) in [6.07, 6.45) is 32.9. The molecule has 4 N–H and O–H groups in total. The smallest absolute Gasteiger partial charge is 0.221 e. The second-order valence-corrected chi connectivity index (χ2v) is 16.0. The van der Waals surface area contributed by atoms with Crippen molar-refractivity contribution in [2.24, 2.45) is 5.73 Å². The standard InChI is InChI=1S/C38H78N4O2S2/c1-3-5-7-9-11-13-15-17-19-21-23-25-30-40-37(43)27-32-42(34-36-46-45-35-29-39)33-28-38(44)41-31-26-24-22-20-18-16-14-12-10-8-6-4-2/h3-36,39H2,1-2H3,(H,40,43)(H,41,44). The number of carbonyl (C=O) groups excluding carboxylic acids is 2. The van der Waals surface area contributed by atoms with Gasteiger partial charge in [-0.15, -0.1) is 0 Å². The average Bonchev–Trinajstić information content (AvgIpc) is 3.06. The fourth-order valence-corrected chi connectivity index (χ4v) is 7.64. The topological polar surface area (TPSA) is 87.5 Å². The number of nitrogens with one attached hydrogen (secondary N) is 2. The van der Waals surface area contributed by atoms with Crippen LogP contribution in [-0.4, -0.2) is 67.5 Å². The van der Waals surface area contributed by atoms with Crippen LogP contribution >= 0.6 is 21.6 Å². The summed E-state index contributed by atoms with van der Waals surface area (Å²) in [6, 6.07) is 0. The van der Waals surface area contributed by atoms with Gasteiger partial charge in [0, 0.05) is 63.6 Å². The van der Waals surface area contributed by atoms with Gasteiger partial charge in [0.05, 0.1) is 0 Å². The molecule has 0 saturated heterocycles. The first-order valence-electron chi connectivity index (χ1n) is 19.8. The maximum atomic E-state index is 12.5. The number of hydrogen-bond donors (Lipinski definition) is 3. The summed E-state index contributed by atoms with van der Waals surface area (Å²) in [7, 11) is 3.63. The Labute approximate surface area is 294 Å². The van der Waals surface area contributed by atoms with Crippen molar-refractivity contribution < 1.29 is 9.59 Å². The van der Waals surface area contributed by atoms with Gasteiger partial charge < -0.3 is 21.3 Å². The molecule has 0 atom stereocenters. The summed E-state index contributed by atoms with van der Waals surface area (Å²) in [5.74, 6) is 2.20. The van der Waals surface area contributed by atoms with E-state index in [-0.39, 0.29) is 11.8 Å². The maximum Gasteiger partial charge on any atom is 0.221 e. The van der Waals surface area contributed by atoms with E-state index in [1.54, 1.807) is 10.8 Å². The van der Waals surface area contributed by atoms with Crippen LogP contribution in [0.5, 0.6) is 0 Å². The van der Waals surface area contributed by atoms with Crippen molar-refractivity contribution in [3.63, 3.8) is 0 Å². The highest BCUT2D eigenvalue weighted by atomic mass is 33.1. The van der Waals surface area contributed by atoms with E-state index >= 15 is 0 Å². The third kappa shape index (κ3) is 36.4. The number of rotatable bonds is 38. The fraction of sp³-hybridized carbons (Fsp3) is 0.947. The second kappa shape index (κ2) is 39.0. The van der Waals surface area contributed by atoms with Crippen LogP contribution in [0, 0.1) is 0 Å². The van der Waals surface area contributed by atoms with Crippen molar-refractivity contribution in [2.45, 2.75) is 181 Å². The van der Waals surface area contributed by atoms with Crippen molar-refractivity contribution in [1.82, 2.24) is 15.5 Å². The molecule has 0 aromatic heterocycles. The van der Waals surface area contributed by atoms with E-state index in [1.807, 2.05) is 10.8 Å². The Morgan fingerprint density at radius 1 is 0.478 bits per heavy atom. The lowest BCUT2D eigenvalue weighted by molar-refractivity contribution is -0.121. The van der Waals surface area contributed by atoms with E-state index in [0.29, 0.717) is 32.5 Å². The monoisotopic (exact) mass is 687 g/mol. The second-order valence-electron chi connectivity index (χ2n) is 13.3. The lowest BCUT2D eigenvalue weighted by atomic mass is 10.1. The fourth-order valence-electron chi connectivity index (χ4n) is 5.75. The van der Waals surface area contributed by atoms with Crippen LogP contribution in [0.15, 0.2) is 0 Å². The van der Waals surface area contributed by atoms with E-state index in [4.69, 9.17) is 5.73 Å². The van der Waals surface area contributed by atoms with Gasteiger partial charge in [-0.25, -0.2) is 0 Å². The molecule has 0 fully saturated rings. The zero-order valence-electron chi connectivity index (χ0n) is 30.7.